The lowest BCUT2D eigenvalue weighted by atomic mass is 10.1. The standard InChI is InChI=1S/C26H19N3O3/c30-25(19-10-8-18(9-11-19)17-31-22-6-2-1-3-7-22)28-21-12-13-24-23(15-21)29-26(32-24)20-5-4-14-27-16-20/h1-16H,17H2,(H,28,30). The van der Waals surface area contributed by atoms with Crippen LogP contribution in [0.2, 0.25) is 0 Å². The molecule has 0 bridgehead atoms. The topological polar surface area (TPSA) is 77.3 Å². The summed E-state index contributed by atoms with van der Waals surface area (Å²) in [6.07, 6.45) is 3.39. The molecule has 0 spiro atoms. The molecule has 0 aliphatic carbocycles. The molecule has 5 rings (SSSR count). The number of oxazole rings is 1. The number of carbonyl (C=O) groups is 1. The maximum atomic E-state index is 12.7. The molecule has 1 amide bonds. The van der Waals surface area contributed by atoms with Gasteiger partial charge in [0.2, 0.25) is 5.89 Å². The second-order valence-electron chi connectivity index (χ2n) is 7.20. The van der Waals surface area contributed by atoms with E-state index in [-0.39, 0.29) is 5.91 Å². The lowest BCUT2D eigenvalue weighted by Crippen LogP contribution is -2.11. The van der Waals surface area contributed by atoms with E-state index in [1.165, 1.54) is 0 Å². The van der Waals surface area contributed by atoms with Crippen molar-refractivity contribution in [1.82, 2.24) is 9.97 Å². The minimum atomic E-state index is -0.198. The van der Waals surface area contributed by atoms with Crippen LogP contribution in [0.1, 0.15) is 15.9 Å². The monoisotopic (exact) mass is 421 g/mol. The van der Waals surface area contributed by atoms with Crippen LogP contribution in [0.15, 0.2) is 102 Å². The Morgan fingerprint density at radius 3 is 2.56 bits per heavy atom. The van der Waals surface area contributed by atoms with Gasteiger partial charge in [0.15, 0.2) is 5.58 Å². The van der Waals surface area contributed by atoms with E-state index in [1.54, 1.807) is 42.7 Å². The Morgan fingerprint density at radius 2 is 1.78 bits per heavy atom. The Labute approximate surface area is 184 Å². The fourth-order valence-corrected chi connectivity index (χ4v) is 3.26. The van der Waals surface area contributed by atoms with Crippen LogP contribution in [0.5, 0.6) is 5.75 Å². The first kappa shape index (κ1) is 19.5. The molecule has 32 heavy (non-hydrogen) atoms. The molecule has 0 radical (unpaired) electrons. The van der Waals surface area contributed by atoms with E-state index in [0.717, 1.165) is 16.9 Å². The molecule has 0 atom stereocenters. The van der Waals surface area contributed by atoms with Crippen LogP contribution in [-0.2, 0) is 6.61 Å². The number of rotatable bonds is 6. The number of carbonyl (C=O) groups excluding carboxylic acids is 1. The normalized spacial score (nSPS) is 10.8. The molecule has 3 aromatic carbocycles. The van der Waals surface area contributed by atoms with E-state index in [2.05, 4.69) is 15.3 Å². The predicted molar refractivity (Wildman–Crippen MR) is 122 cm³/mol. The van der Waals surface area contributed by atoms with E-state index < -0.39 is 0 Å². The first-order valence-corrected chi connectivity index (χ1v) is 10.1. The van der Waals surface area contributed by atoms with E-state index in [9.17, 15) is 4.79 Å². The Morgan fingerprint density at radius 1 is 0.938 bits per heavy atom. The first-order chi connectivity index (χ1) is 15.7. The number of nitrogens with zero attached hydrogens (tertiary/aromatic N) is 2. The van der Waals surface area contributed by atoms with E-state index in [1.807, 2.05) is 54.6 Å². The van der Waals surface area contributed by atoms with Gasteiger partial charge in [-0.25, -0.2) is 4.98 Å². The van der Waals surface area contributed by atoms with Crippen LogP contribution in [0.25, 0.3) is 22.6 Å². The summed E-state index contributed by atoms with van der Waals surface area (Å²) in [7, 11) is 0. The first-order valence-electron chi connectivity index (χ1n) is 10.1. The van der Waals surface area contributed by atoms with E-state index in [0.29, 0.717) is 34.8 Å². The third kappa shape index (κ3) is 4.34. The number of hydrogen-bond donors (Lipinski definition) is 1. The highest BCUT2D eigenvalue weighted by molar-refractivity contribution is 6.05. The maximum Gasteiger partial charge on any atom is 0.255 e. The van der Waals surface area contributed by atoms with Gasteiger partial charge in [0.1, 0.15) is 17.9 Å². The van der Waals surface area contributed by atoms with Gasteiger partial charge in [-0.05, 0) is 60.2 Å². The number of fused-ring (bicyclic) bond motifs is 1. The van der Waals surface area contributed by atoms with Gasteiger partial charge >= 0.3 is 0 Å². The quantitative estimate of drug-likeness (QED) is 0.379. The largest absolute Gasteiger partial charge is 0.489 e. The smallest absolute Gasteiger partial charge is 0.255 e. The molecule has 0 saturated heterocycles. The number of para-hydroxylation sites is 1. The molecule has 6 heteroatoms. The van der Waals surface area contributed by atoms with Crippen LogP contribution in [0.3, 0.4) is 0 Å². The van der Waals surface area contributed by atoms with Gasteiger partial charge in [-0.3, -0.25) is 9.78 Å². The molecule has 6 nitrogen and oxygen atoms in total. The van der Waals surface area contributed by atoms with Crippen LogP contribution in [0.4, 0.5) is 5.69 Å². The molecule has 0 aliphatic heterocycles. The van der Waals surface area contributed by atoms with Crippen molar-refractivity contribution in [3.63, 3.8) is 0 Å². The second-order valence-corrected chi connectivity index (χ2v) is 7.20. The van der Waals surface area contributed by atoms with Crippen molar-refractivity contribution in [3.05, 3.63) is 108 Å². The number of ether oxygens (including phenoxy) is 1. The molecule has 0 unspecified atom stereocenters. The van der Waals surface area contributed by atoms with Crippen LogP contribution in [0, 0.1) is 0 Å². The summed E-state index contributed by atoms with van der Waals surface area (Å²) in [4.78, 5) is 21.3. The number of nitrogens with one attached hydrogen (secondary N) is 1. The number of benzene rings is 3. The lowest BCUT2D eigenvalue weighted by molar-refractivity contribution is 0.102. The number of anilines is 1. The minimum Gasteiger partial charge on any atom is -0.489 e. The summed E-state index contributed by atoms with van der Waals surface area (Å²) < 4.78 is 11.5. The van der Waals surface area contributed by atoms with Crippen molar-refractivity contribution >= 4 is 22.7 Å². The predicted octanol–water partition coefficient (Wildman–Crippen LogP) is 5.72. The number of aromatic nitrogens is 2. The summed E-state index contributed by atoms with van der Waals surface area (Å²) in [5, 5.41) is 2.91. The van der Waals surface area contributed by atoms with Crippen molar-refractivity contribution in [2.45, 2.75) is 6.61 Å². The zero-order chi connectivity index (χ0) is 21.8. The molecular formula is C26H19N3O3. The molecule has 0 saturated carbocycles. The highest BCUT2D eigenvalue weighted by Gasteiger charge is 2.11. The fourth-order valence-electron chi connectivity index (χ4n) is 3.26. The van der Waals surface area contributed by atoms with Crippen molar-refractivity contribution in [3.8, 4) is 17.2 Å². The average molecular weight is 421 g/mol. The Kier molecular flexibility index (Phi) is 5.32. The highest BCUT2D eigenvalue weighted by atomic mass is 16.5. The van der Waals surface area contributed by atoms with Crippen LogP contribution in [-0.4, -0.2) is 15.9 Å². The Bertz CT molecular complexity index is 1350. The highest BCUT2D eigenvalue weighted by Crippen LogP contribution is 2.26. The van der Waals surface area contributed by atoms with Gasteiger partial charge in [-0.15, -0.1) is 0 Å². The molecular weight excluding hydrogens is 402 g/mol. The van der Waals surface area contributed by atoms with Crippen LogP contribution >= 0.6 is 0 Å². The molecule has 0 fully saturated rings. The molecule has 5 aromatic rings. The molecule has 0 aliphatic rings. The summed E-state index contributed by atoms with van der Waals surface area (Å²) in [5.74, 6) is 1.10. The van der Waals surface area contributed by atoms with Gasteiger partial charge < -0.3 is 14.5 Å². The van der Waals surface area contributed by atoms with Gasteiger partial charge in [-0.1, -0.05) is 30.3 Å². The Hall–Kier alpha value is -4.45. The van der Waals surface area contributed by atoms with Crippen molar-refractivity contribution < 1.29 is 13.9 Å². The molecule has 1 N–H and O–H groups in total. The lowest BCUT2D eigenvalue weighted by Gasteiger charge is -2.08. The SMILES string of the molecule is O=C(Nc1ccc2oc(-c3cccnc3)nc2c1)c1ccc(COc2ccccc2)cc1. The summed E-state index contributed by atoms with van der Waals surface area (Å²) in [5.41, 5.74) is 4.29. The third-order valence-corrected chi connectivity index (χ3v) is 4.92. The van der Waals surface area contributed by atoms with Crippen molar-refractivity contribution in [2.24, 2.45) is 0 Å². The van der Waals surface area contributed by atoms with E-state index >= 15 is 0 Å². The molecule has 156 valence electrons. The number of amides is 1. The van der Waals surface area contributed by atoms with Crippen molar-refractivity contribution in [1.29, 1.82) is 0 Å². The molecule has 2 heterocycles. The maximum absolute atomic E-state index is 12.7. The number of hydrogen-bond acceptors (Lipinski definition) is 5. The minimum absolute atomic E-state index is 0.198. The average Bonchev–Trinajstić information content (AvgIpc) is 3.28. The number of pyridine rings is 1. The van der Waals surface area contributed by atoms with Gasteiger partial charge in [0.05, 0.1) is 5.56 Å². The zero-order valence-electron chi connectivity index (χ0n) is 17.1. The fraction of sp³-hybridized carbons (Fsp3) is 0.0385. The van der Waals surface area contributed by atoms with Crippen LogP contribution < -0.4 is 10.1 Å². The second kappa shape index (κ2) is 8.73. The third-order valence-electron chi connectivity index (χ3n) is 4.92. The zero-order valence-corrected chi connectivity index (χ0v) is 17.1. The summed E-state index contributed by atoms with van der Waals surface area (Å²) in [6, 6.07) is 26.1. The summed E-state index contributed by atoms with van der Waals surface area (Å²) in [6.45, 7) is 0.438. The summed E-state index contributed by atoms with van der Waals surface area (Å²) >= 11 is 0. The van der Waals surface area contributed by atoms with E-state index in [4.69, 9.17) is 9.15 Å². The van der Waals surface area contributed by atoms with Gasteiger partial charge in [0.25, 0.3) is 5.91 Å². The van der Waals surface area contributed by atoms with Gasteiger partial charge in [0, 0.05) is 23.6 Å². The molecule has 2 aromatic heterocycles. The van der Waals surface area contributed by atoms with Gasteiger partial charge in [-0.2, -0.15) is 0 Å². The van der Waals surface area contributed by atoms with Crippen molar-refractivity contribution in [2.75, 3.05) is 5.32 Å². The Balaban J connectivity index is 1.26.